The number of benzene rings is 2. The molecule has 1 aliphatic heterocycles. The molecule has 0 aliphatic carbocycles. The van der Waals surface area contributed by atoms with Crippen LogP contribution in [-0.2, 0) is 4.74 Å². The summed E-state index contributed by atoms with van der Waals surface area (Å²) in [5, 5.41) is 29.1. The minimum atomic E-state index is -0.493. The van der Waals surface area contributed by atoms with Gasteiger partial charge >= 0.3 is 0 Å². The van der Waals surface area contributed by atoms with Crippen LogP contribution in [0.4, 0.5) is 34.9 Å². The molecular formula is C20H19N9O5. The van der Waals surface area contributed by atoms with Crippen molar-refractivity contribution in [3.05, 3.63) is 74.3 Å². The van der Waals surface area contributed by atoms with E-state index in [9.17, 15) is 20.2 Å². The number of nitrogens with one attached hydrogen (secondary N) is 2. The van der Waals surface area contributed by atoms with E-state index in [0.29, 0.717) is 43.5 Å². The number of para-hydroxylation sites is 1. The van der Waals surface area contributed by atoms with Gasteiger partial charge in [0.05, 0.1) is 34.8 Å². The van der Waals surface area contributed by atoms with E-state index in [1.807, 2.05) is 4.90 Å². The molecule has 14 heteroatoms. The summed E-state index contributed by atoms with van der Waals surface area (Å²) in [6.45, 7) is 2.21. The molecule has 2 N–H and O–H groups in total. The zero-order valence-corrected chi connectivity index (χ0v) is 17.7. The molecule has 0 spiro atoms. The van der Waals surface area contributed by atoms with Crippen LogP contribution in [0.1, 0.15) is 5.56 Å². The lowest BCUT2D eigenvalue weighted by Gasteiger charge is -2.27. The molecule has 0 atom stereocenters. The monoisotopic (exact) mass is 465 g/mol. The summed E-state index contributed by atoms with van der Waals surface area (Å²) in [4.78, 5) is 36.1. The van der Waals surface area contributed by atoms with Gasteiger partial charge in [-0.05, 0) is 18.2 Å². The molecule has 1 fully saturated rings. The Morgan fingerprint density at radius 2 is 1.65 bits per heavy atom. The lowest BCUT2D eigenvalue weighted by atomic mass is 10.2. The van der Waals surface area contributed by atoms with E-state index in [4.69, 9.17) is 4.74 Å². The third-order valence-corrected chi connectivity index (χ3v) is 4.75. The molecule has 0 unspecified atom stereocenters. The first-order chi connectivity index (χ1) is 16.5. The van der Waals surface area contributed by atoms with Crippen LogP contribution in [0, 0.1) is 20.2 Å². The topological polar surface area (TPSA) is 174 Å². The summed E-state index contributed by atoms with van der Waals surface area (Å²) >= 11 is 0. The molecule has 0 bridgehead atoms. The maximum absolute atomic E-state index is 11.2. The molecule has 0 radical (unpaired) electrons. The van der Waals surface area contributed by atoms with E-state index in [-0.39, 0.29) is 23.3 Å². The lowest BCUT2D eigenvalue weighted by Crippen LogP contribution is -2.37. The average Bonchev–Trinajstić information content (AvgIpc) is 2.85. The van der Waals surface area contributed by atoms with Crippen LogP contribution in [0.15, 0.2) is 53.6 Å². The molecule has 34 heavy (non-hydrogen) atoms. The molecule has 1 aliphatic rings. The Morgan fingerprint density at radius 3 is 2.35 bits per heavy atom. The number of aromatic nitrogens is 3. The highest BCUT2D eigenvalue weighted by Crippen LogP contribution is 2.21. The number of hydrogen-bond donors (Lipinski definition) is 2. The number of hydrogen-bond acceptors (Lipinski definition) is 12. The van der Waals surface area contributed by atoms with Gasteiger partial charge in [0.25, 0.3) is 11.4 Å². The standard InChI is InChI=1S/C20H19N9O5/c30-28(31)16-7-5-15(6-8-16)22-18-23-19(25-20(24-18)27-9-11-34-12-10-27)26-21-13-14-3-1-2-4-17(14)29(32)33/h1-8,13H,9-12H2,(H2,22,23,24,25,26)/b21-13-. The second kappa shape index (κ2) is 10.3. The predicted molar refractivity (Wildman–Crippen MR) is 124 cm³/mol. The van der Waals surface area contributed by atoms with Crippen molar-refractivity contribution in [2.24, 2.45) is 5.10 Å². The van der Waals surface area contributed by atoms with Gasteiger partial charge in [0.1, 0.15) is 0 Å². The Hall–Kier alpha value is -4.72. The zero-order valence-electron chi connectivity index (χ0n) is 17.7. The highest BCUT2D eigenvalue weighted by atomic mass is 16.6. The summed E-state index contributed by atoms with van der Waals surface area (Å²) in [7, 11) is 0. The van der Waals surface area contributed by atoms with Gasteiger partial charge in [0.15, 0.2) is 0 Å². The quantitative estimate of drug-likeness (QED) is 0.284. The second-order valence-corrected chi connectivity index (χ2v) is 7.00. The molecule has 0 amide bonds. The summed E-state index contributed by atoms with van der Waals surface area (Å²) < 4.78 is 5.37. The summed E-state index contributed by atoms with van der Waals surface area (Å²) in [5.74, 6) is 0.676. The Kier molecular flexibility index (Phi) is 6.78. The van der Waals surface area contributed by atoms with Gasteiger partial charge in [0, 0.05) is 37.0 Å². The van der Waals surface area contributed by atoms with Gasteiger partial charge in [-0.25, -0.2) is 5.43 Å². The van der Waals surface area contributed by atoms with Crippen molar-refractivity contribution in [1.29, 1.82) is 0 Å². The van der Waals surface area contributed by atoms with Gasteiger partial charge in [-0.1, -0.05) is 12.1 Å². The Labute approximate surface area is 192 Å². The van der Waals surface area contributed by atoms with E-state index >= 15 is 0 Å². The van der Waals surface area contributed by atoms with Gasteiger partial charge < -0.3 is 15.0 Å². The first-order valence-corrected chi connectivity index (χ1v) is 10.1. The number of nitro groups is 2. The lowest BCUT2D eigenvalue weighted by molar-refractivity contribution is -0.385. The van der Waals surface area contributed by atoms with Crippen LogP contribution < -0.4 is 15.6 Å². The van der Waals surface area contributed by atoms with Crippen LogP contribution in [-0.4, -0.2) is 57.3 Å². The van der Waals surface area contributed by atoms with Gasteiger partial charge in [-0.3, -0.25) is 20.2 Å². The normalized spacial score (nSPS) is 13.6. The molecule has 14 nitrogen and oxygen atoms in total. The number of anilines is 4. The Morgan fingerprint density at radius 1 is 0.941 bits per heavy atom. The molecule has 2 aromatic carbocycles. The maximum atomic E-state index is 11.2. The highest BCUT2D eigenvalue weighted by molar-refractivity contribution is 5.85. The van der Waals surface area contributed by atoms with E-state index in [0.717, 1.165) is 0 Å². The van der Waals surface area contributed by atoms with Crippen molar-refractivity contribution in [2.45, 2.75) is 0 Å². The fourth-order valence-electron chi connectivity index (χ4n) is 3.09. The zero-order chi connectivity index (χ0) is 23.9. The summed E-state index contributed by atoms with van der Waals surface area (Å²) in [6, 6.07) is 12.0. The summed E-state index contributed by atoms with van der Waals surface area (Å²) in [6.07, 6.45) is 1.31. The molecule has 1 saturated heterocycles. The second-order valence-electron chi connectivity index (χ2n) is 7.00. The largest absolute Gasteiger partial charge is 0.378 e. The van der Waals surface area contributed by atoms with Crippen LogP contribution in [0.5, 0.6) is 0 Å². The van der Waals surface area contributed by atoms with Crippen LogP contribution in [0.25, 0.3) is 0 Å². The number of non-ortho nitro benzene ring substituents is 1. The van der Waals surface area contributed by atoms with Crippen molar-refractivity contribution >= 4 is 41.1 Å². The predicted octanol–water partition coefficient (Wildman–Crippen LogP) is 2.71. The molecule has 3 aromatic rings. The van der Waals surface area contributed by atoms with Crippen molar-refractivity contribution in [2.75, 3.05) is 41.9 Å². The molecule has 0 saturated carbocycles. The SMILES string of the molecule is O=[N+]([O-])c1ccc(Nc2nc(N/N=C\c3ccccc3[N+](=O)[O-])nc(N3CCOCC3)n2)cc1. The number of morpholine rings is 1. The smallest absolute Gasteiger partial charge is 0.278 e. The number of nitro benzene ring substituents is 2. The first kappa shape index (κ1) is 22.5. The Bertz CT molecular complexity index is 1210. The fourth-order valence-corrected chi connectivity index (χ4v) is 3.09. The van der Waals surface area contributed by atoms with Gasteiger partial charge in [0.2, 0.25) is 17.8 Å². The van der Waals surface area contributed by atoms with E-state index in [1.165, 1.54) is 36.5 Å². The number of hydrazone groups is 1. The first-order valence-electron chi connectivity index (χ1n) is 10.1. The average molecular weight is 465 g/mol. The minimum Gasteiger partial charge on any atom is -0.378 e. The van der Waals surface area contributed by atoms with Gasteiger partial charge in [-0.15, -0.1) is 0 Å². The number of ether oxygens (including phenoxy) is 1. The van der Waals surface area contributed by atoms with E-state index < -0.39 is 9.85 Å². The fraction of sp³-hybridized carbons (Fsp3) is 0.200. The van der Waals surface area contributed by atoms with Crippen LogP contribution >= 0.6 is 0 Å². The molecule has 174 valence electrons. The Balaban J connectivity index is 1.58. The number of rotatable bonds is 8. The van der Waals surface area contributed by atoms with E-state index in [1.54, 1.807) is 18.2 Å². The van der Waals surface area contributed by atoms with Crippen molar-refractivity contribution in [3.63, 3.8) is 0 Å². The van der Waals surface area contributed by atoms with Crippen molar-refractivity contribution in [3.8, 4) is 0 Å². The number of nitrogens with zero attached hydrogens (tertiary/aromatic N) is 7. The van der Waals surface area contributed by atoms with E-state index in [2.05, 4.69) is 30.8 Å². The third kappa shape index (κ3) is 5.55. The highest BCUT2D eigenvalue weighted by Gasteiger charge is 2.17. The maximum Gasteiger partial charge on any atom is 0.278 e. The molecule has 4 rings (SSSR count). The van der Waals surface area contributed by atoms with Crippen LogP contribution in [0.2, 0.25) is 0 Å². The van der Waals surface area contributed by atoms with Crippen molar-refractivity contribution < 1.29 is 14.6 Å². The van der Waals surface area contributed by atoms with Crippen LogP contribution in [0.3, 0.4) is 0 Å². The van der Waals surface area contributed by atoms with Crippen molar-refractivity contribution in [1.82, 2.24) is 15.0 Å². The molecular weight excluding hydrogens is 446 g/mol. The minimum absolute atomic E-state index is 0.0399. The third-order valence-electron chi connectivity index (χ3n) is 4.75. The van der Waals surface area contributed by atoms with Gasteiger partial charge in [-0.2, -0.15) is 20.1 Å². The molecule has 2 heterocycles. The molecule has 1 aromatic heterocycles. The summed E-state index contributed by atoms with van der Waals surface area (Å²) in [5.41, 5.74) is 3.41.